The quantitative estimate of drug-likeness (QED) is 0.773. The summed E-state index contributed by atoms with van der Waals surface area (Å²) < 4.78 is 7.96. The molecule has 106 valence electrons. The van der Waals surface area contributed by atoms with Gasteiger partial charge in [0.25, 0.3) is 0 Å². The molecule has 0 bridgehead atoms. The third-order valence-electron chi connectivity index (χ3n) is 3.79. The summed E-state index contributed by atoms with van der Waals surface area (Å²) in [5.74, 6) is 1.38. The van der Waals surface area contributed by atoms with Crippen LogP contribution in [0.2, 0.25) is 0 Å². The van der Waals surface area contributed by atoms with Crippen molar-refractivity contribution in [1.82, 2.24) is 19.5 Å². The number of rotatable bonds is 2. The van der Waals surface area contributed by atoms with Crippen molar-refractivity contribution in [3.8, 4) is 5.75 Å². The van der Waals surface area contributed by atoms with Gasteiger partial charge in [-0.1, -0.05) is 17.7 Å². The minimum Gasteiger partial charge on any atom is -0.488 e. The number of nitrogens with zero attached hydrogens (tertiary/aromatic N) is 4. The molecule has 1 aliphatic heterocycles. The predicted molar refractivity (Wildman–Crippen MR) is 79.0 cm³/mol. The Bertz CT molecular complexity index is 826. The van der Waals surface area contributed by atoms with E-state index in [1.165, 1.54) is 17.5 Å². The summed E-state index contributed by atoms with van der Waals surface area (Å²) in [4.78, 5) is 12.5. The number of aryl methyl sites for hydroxylation is 1. The summed E-state index contributed by atoms with van der Waals surface area (Å²) in [5.41, 5.74) is 9.71. The highest BCUT2D eigenvalue weighted by Crippen LogP contribution is 2.30. The summed E-state index contributed by atoms with van der Waals surface area (Å²) in [7, 11) is 0. The molecule has 2 N–H and O–H groups in total. The third kappa shape index (κ3) is 1.99. The van der Waals surface area contributed by atoms with Crippen LogP contribution < -0.4 is 10.5 Å². The molecule has 3 heterocycles. The Labute approximate surface area is 121 Å². The molecule has 0 saturated carbocycles. The van der Waals surface area contributed by atoms with Gasteiger partial charge in [-0.05, 0) is 18.6 Å². The summed E-state index contributed by atoms with van der Waals surface area (Å²) in [5, 5.41) is 0. The maximum Gasteiger partial charge on any atom is 0.165 e. The van der Waals surface area contributed by atoms with E-state index in [0.29, 0.717) is 17.9 Å². The standard InChI is InChI=1S/C15H15N5O/c1-9-2-3-12-10(4-9)5-11(21-12)6-20-8-19-13-14(16)17-7-18-15(13)20/h2-4,7-8,11H,5-6H2,1H3,(H2,16,17,18). The molecule has 4 rings (SSSR count). The van der Waals surface area contributed by atoms with Gasteiger partial charge in [0.2, 0.25) is 0 Å². The van der Waals surface area contributed by atoms with Gasteiger partial charge in [-0.25, -0.2) is 15.0 Å². The molecule has 1 atom stereocenters. The molecule has 0 saturated heterocycles. The number of benzene rings is 1. The van der Waals surface area contributed by atoms with Crippen molar-refractivity contribution in [2.24, 2.45) is 0 Å². The molecule has 0 amide bonds. The van der Waals surface area contributed by atoms with Crippen LogP contribution in [0.25, 0.3) is 11.2 Å². The molecular formula is C15H15N5O. The topological polar surface area (TPSA) is 78.9 Å². The molecule has 21 heavy (non-hydrogen) atoms. The zero-order chi connectivity index (χ0) is 14.4. The van der Waals surface area contributed by atoms with Gasteiger partial charge >= 0.3 is 0 Å². The second kappa shape index (κ2) is 4.44. The van der Waals surface area contributed by atoms with Gasteiger partial charge in [-0.3, -0.25) is 0 Å². The lowest BCUT2D eigenvalue weighted by molar-refractivity contribution is 0.210. The molecule has 0 aliphatic carbocycles. The molecule has 0 spiro atoms. The fourth-order valence-corrected chi connectivity index (χ4v) is 2.80. The maximum absolute atomic E-state index is 5.99. The first-order chi connectivity index (χ1) is 10.2. The normalized spacial score (nSPS) is 16.9. The number of fused-ring (bicyclic) bond motifs is 2. The van der Waals surface area contributed by atoms with Crippen LogP contribution in [0.4, 0.5) is 5.82 Å². The highest BCUT2D eigenvalue weighted by molar-refractivity contribution is 5.81. The minimum absolute atomic E-state index is 0.0930. The lowest BCUT2D eigenvalue weighted by atomic mass is 10.1. The molecule has 1 aliphatic rings. The van der Waals surface area contributed by atoms with E-state index in [1.54, 1.807) is 6.33 Å². The number of nitrogens with two attached hydrogens (primary N) is 1. The van der Waals surface area contributed by atoms with E-state index < -0.39 is 0 Å². The smallest absolute Gasteiger partial charge is 0.165 e. The summed E-state index contributed by atoms with van der Waals surface area (Å²) in [6.07, 6.45) is 4.20. The Hall–Kier alpha value is -2.63. The molecule has 1 aromatic carbocycles. The minimum atomic E-state index is 0.0930. The van der Waals surface area contributed by atoms with E-state index in [2.05, 4.69) is 34.0 Å². The number of ether oxygens (including phenoxy) is 1. The molecular weight excluding hydrogens is 266 g/mol. The van der Waals surface area contributed by atoms with E-state index in [-0.39, 0.29) is 6.10 Å². The molecule has 0 radical (unpaired) electrons. The first-order valence-corrected chi connectivity index (χ1v) is 6.88. The van der Waals surface area contributed by atoms with Crippen LogP contribution in [-0.4, -0.2) is 25.6 Å². The van der Waals surface area contributed by atoms with Gasteiger partial charge in [-0.15, -0.1) is 0 Å². The third-order valence-corrected chi connectivity index (χ3v) is 3.79. The number of anilines is 1. The van der Waals surface area contributed by atoms with Gasteiger partial charge < -0.3 is 15.0 Å². The van der Waals surface area contributed by atoms with Crippen molar-refractivity contribution in [2.45, 2.75) is 26.0 Å². The highest BCUT2D eigenvalue weighted by atomic mass is 16.5. The van der Waals surface area contributed by atoms with Gasteiger partial charge in [0.15, 0.2) is 11.5 Å². The SMILES string of the molecule is Cc1ccc2c(c1)CC(Cn1cnc3c(N)ncnc31)O2. The number of hydrogen-bond donors (Lipinski definition) is 1. The number of nitrogen functional groups attached to an aromatic ring is 1. The molecule has 0 fully saturated rings. The monoisotopic (exact) mass is 281 g/mol. The van der Waals surface area contributed by atoms with E-state index in [4.69, 9.17) is 10.5 Å². The van der Waals surface area contributed by atoms with Gasteiger partial charge in [0, 0.05) is 6.42 Å². The zero-order valence-electron chi connectivity index (χ0n) is 11.7. The number of imidazole rings is 1. The lowest BCUT2D eigenvalue weighted by Gasteiger charge is -2.11. The van der Waals surface area contributed by atoms with E-state index >= 15 is 0 Å². The summed E-state index contributed by atoms with van der Waals surface area (Å²) in [6, 6.07) is 6.29. The Morgan fingerprint density at radius 1 is 1.33 bits per heavy atom. The predicted octanol–water partition coefficient (Wildman–Crippen LogP) is 1.72. The summed E-state index contributed by atoms with van der Waals surface area (Å²) >= 11 is 0. The van der Waals surface area contributed by atoms with Crippen LogP contribution in [0.3, 0.4) is 0 Å². The Morgan fingerprint density at radius 2 is 2.24 bits per heavy atom. The van der Waals surface area contributed by atoms with E-state index in [0.717, 1.165) is 17.8 Å². The van der Waals surface area contributed by atoms with Crippen molar-refractivity contribution < 1.29 is 4.74 Å². The Balaban J connectivity index is 1.61. The average molecular weight is 281 g/mol. The fourth-order valence-electron chi connectivity index (χ4n) is 2.80. The van der Waals surface area contributed by atoms with Crippen molar-refractivity contribution >= 4 is 17.0 Å². The second-order valence-corrected chi connectivity index (χ2v) is 5.38. The average Bonchev–Trinajstić information content (AvgIpc) is 3.04. The van der Waals surface area contributed by atoms with Gasteiger partial charge in [-0.2, -0.15) is 0 Å². The van der Waals surface area contributed by atoms with Crippen LogP contribution in [0.15, 0.2) is 30.9 Å². The van der Waals surface area contributed by atoms with Crippen LogP contribution in [0.1, 0.15) is 11.1 Å². The Kier molecular flexibility index (Phi) is 2.57. The highest BCUT2D eigenvalue weighted by Gasteiger charge is 2.24. The Morgan fingerprint density at radius 3 is 3.14 bits per heavy atom. The van der Waals surface area contributed by atoms with E-state index in [1.807, 2.05) is 10.6 Å². The van der Waals surface area contributed by atoms with Crippen LogP contribution >= 0.6 is 0 Å². The summed E-state index contributed by atoms with van der Waals surface area (Å²) in [6.45, 7) is 2.79. The number of hydrogen-bond acceptors (Lipinski definition) is 5. The molecule has 6 heteroatoms. The lowest BCUT2D eigenvalue weighted by Crippen LogP contribution is -2.20. The van der Waals surface area contributed by atoms with Crippen molar-refractivity contribution in [3.63, 3.8) is 0 Å². The van der Waals surface area contributed by atoms with Gasteiger partial charge in [0.1, 0.15) is 23.7 Å². The number of aromatic nitrogens is 4. The van der Waals surface area contributed by atoms with Crippen LogP contribution in [0, 0.1) is 6.92 Å². The van der Waals surface area contributed by atoms with Crippen molar-refractivity contribution in [1.29, 1.82) is 0 Å². The zero-order valence-corrected chi connectivity index (χ0v) is 11.7. The van der Waals surface area contributed by atoms with Crippen LogP contribution in [0.5, 0.6) is 5.75 Å². The largest absolute Gasteiger partial charge is 0.488 e. The molecule has 1 unspecified atom stereocenters. The molecule has 3 aromatic rings. The molecule has 2 aromatic heterocycles. The maximum atomic E-state index is 5.99. The van der Waals surface area contributed by atoms with E-state index in [9.17, 15) is 0 Å². The molecule has 6 nitrogen and oxygen atoms in total. The van der Waals surface area contributed by atoms with Crippen LogP contribution in [-0.2, 0) is 13.0 Å². The van der Waals surface area contributed by atoms with Gasteiger partial charge in [0.05, 0.1) is 12.9 Å². The first kappa shape index (κ1) is 12.1. The van der Waals surface area contributed by atoms with Crippen molar-refractivity contribution in [3.05, 3.63) is 42.0 Å². The van der Waals surface area contributed by atoms with Crippen molar-refractivity contribution in [2.75, 3.05) is 5.73 Å². The first-order valence-electron chi connectivity index (χ1n) is 6.88. The fraction of sp³-hybridized carbons (Fsp3) is 0.267. The second-order valence-electron chi connectivity index (χ2n) is 5.38.